The van der Waals surface area contributed by atoms with Gasteiger partial charge in [0, 0.05) is 28.5 Å². The third-order valence-electron chi connectivity index (χ3n) is 2.24. The van der Waals surface area contributed by atoms with E-state index in [1.54, 1.807) is 0 Å². The number of hydrogen-bond acceptors (Lipinski definition) is 5. The Balaban J connectivity index is 2.55. The number of anilines is 2. The van der Waals surface area contributed by atoms with Gasteiger partial charge in [0.05, 0.1) is 11.4 Å². The van der Waals surface area contributed by atoms with Gasteiger partial charge in [-0.2, -0.15) is 0 Å². The van der Waals surface area contributed by atoms with Crippen molar-refractivity contribution in [2.75, 3.05) is 34.6 Å². The molecule has 112 valence electrons. The van der Waals surface area contributed by atoms with Crippen molar-refractivity contribution in [2.45, 2.75) is 0 Å². The molecule has 0 fully saturated rings. The van der Waals surface area contributed by atoms with E-state index >= 15 is 0 Å². The molecule has 0 aliphatic rings. The summed E-state index contributed by atoms with van der Waals surface area (Å²) < 4.78 is 46.6. The molecule has 20 heavy (non-hydrogen) atoms. The van der Waals surface area contributed by atoms with E-state index in [1.807, 2.05) is 0 Å². The predicted molar refractivity (Wildman–Crippen MR) is 77.0 cm³/mol. The van der Waals surface area contributed by atoms with E-state index in [0.29, 0.717) is 0 Å². The molecule has 1 atom stereocenters. The van der Waals surface area contributed by atoms with Crippen LogP contribution in [0.15, 0.2) is 18.2 Å². The fourth-order valence-corrected chi connectivity index (χ4v) is 3.75. The van der Waals surface area contributed by atoms with Crippen molar-refractivity contribution in [3.63, 3.8) is 0 Å². The smallest absolute Gasteiger partial charge is 0.237 e. The maximum absolute atomic E-state index is 13.3. The number of sulfone groups is 1. The SMILES string of the molecule is CS(=O)(=O)CCS(=O)CC(=O)Nc1cc(N)ccc1F. The van der Waals surface area contributed by atoms with Gasteiger partial charge in [-0.1, -0.05) is 0 Å². The molecule has 0 heterocycles. The van der Waals surface area contributed by atoms with Gasteiger partial charge in [0.15, 0.2) is 0 Å². The van der Waals surface area contributed by atoms with Gasteiger partial charge in [-0.05, 0) is 18.2 Å². The highest BCUT2D eigenvalue weighted by atomic mass is 32.2. The fourth-order valence-electron chi connectivity index (χ4n) is 1.29. The van der Waals surface area contributed by atoms with Crippen LogP contribution in [0.1, 0.15) is 0 Å². The molecule has 3 N–H and O–H groups in total. The summed E-state index contributed by atoms with van der Waals surface area (Å²) in [6.45, 7) is 0. The summed E-state index contributed by atoms with van der Waals surface area (Å²) in [6.07, 6.45) is 1.02. The highest BCUT2D eigenvalue weighted by Crippen LogP contribution is 2.17. The molecule has 0 aromatic heterocycles. The summed E-state index contributed by atoms with van der Waals surface area (Å²) in [4.78, 5) is 11.5. The van der Waals surface area contributed by atoms with Crippen molar-refractivity contribution in [2.24, 2.45) is 0 Å². The summed E-state index contributed by atoms with van der Waals surface area (Å²) in [5, 5.41) is 2.24. The van der Waals surface area contributed by atoms with Gasteiger partial charge in [-0.3, -0.25) is 9.00 Å². The zero-order valence-corrected chi connectivity index (χ0v) is 12.4. The van der Waals surface area contributed by atoms with Crippen LogP contribution in [0, 0.1) is 5.82 Å². The van der Waals surface area contributed by atoms with Gasteiger partial charge in [-0.15, -0.1) is 0 Å². The molecule has 1 rings (SSSR count). The number of nitrogens with two attached hydrogens (primary N) is 1. The van der Waals surface area contributed by atoms with Crippen LogP contribution in [-0.4, -0.2) is 42.0 Å². The molecule has 0 radical (unpaired) electrons. The van der Waals surface area contributed by atoms with Crippen molar-refractivity contribution in [1.82, 2.24) is 0 Å². The number of benzene rings is 1. The molecule has 1 unspecified atom stereocenters. The molecule has 0 bridgehead atoms. The number of halogens is 1. The van der Waals surface area contributed by atoms with Crippen molar-refractivity contribution < 1.29 is 21.8 Å². The lowest BCUT2D eigenvalue weighted by Crippen LogP contribution is -2.23. The fraction of sp³-hybridized carbons (Fsp3) is 0.364. The Hall–Kier alpha value is -1.48. The van der Waals surface area contributed by atoms with E-state index in [4.69, 9.17) is 5.73 Å². The minimum absolute atomic E-state index is 0.102. The molecular weight excluding hydrogens is 307 g/mol. The number of carbonyl (C=O) groups excluding carboxylic acids is 1. The number of rotatable bonds is 6. The quantitative estimate of drug-likeness (QED) is 0.725. The van der Waals surface area contributed by atoms with Crippen molar-refractivity contribution >= 4 is 37.9 Å². The maximum atomic E-state index is 13.3. The Labute approximate surface area is 118 Å². The second kappa shape index (κ2) is 6.80. The number of nitrogens with one attached hydrogen (secondary N) is 1. The standard InChI is InChI=1S/C11H15FN2O4S2/c1-20(17,18)5-4-19(16)7-11(15)14-10-6-8(13)2-3-9(10)12/h2-3,6H,4-5,7,13H2,1H3,(H,14,15). The number of nitrogen functional groups attached to an aromatic ring is 1. The van der Waals surface area contributed by atoms with Gasteiger partial charge < -0.3 is 11.1 Å². The van der Waals surface area contributed by atoms with Crippen LogP contribution in [-0.2, 0) is 25.4 Å². The molecule has 0 saturated carbocycles. The molecule has 1 aromatic rings. The third kappa shape index (κ3) is 6.11. The Bertz CT molecular complexity index is 631. The molecule has 9 heteroatoms. The predicted octanol–water partition coefficient (Wildman–Crippen LogP) is 0.140. The summed E-state index contributed by atoms with van der Waals surface area (Å²) in [5.41, 5.74) is 5.63. The van der Waals surface area contributed by atoms with Crippen LogP contribution in [0.3, 0.4) is 0 Å². The highest BCUT2D eigenvalue weighted by Gasteiger charge is 2.13. The van der Waals surface area contributed by atoms with Gasteiger partial charge >= 0.3 is 0 Å². The first-order valence-electron chi connectivity index (χ1n) is 5.55. The molecule has 6 nitrogen and oxygen atoms in total. The Morgan fingerprint density at radius 3 is 2.70 bits per heavy atom. The Kier molecular flexibility index (Phi) is 5.63. The monoisotopic (exact) mass is 322 g/mol. The first kappa shape index (κ1) is 16.6. The first-order chi connectivity index (χ1) is 9.17. The summed E-state index contributed by atoms with van der Waals surface area (Å²) >= 11 is 0. The topological polar surface area (TPSA) is 106 Å². The van der Waals surface area contributed by atoms with Crippen LogP contribution in [0.25, 0.3) is 0 Å². The zero-order valence-electron chi connectivity index (χ0n) is 10.8. The molecule has 1 aromatic carbocycles. The molecule has 0 aliphatic heterocycles. The first-order valence-corrected chi connectivity index (χ1v) is 9.10. The lowest BCUT2D eigenvalue weighted by Gasteiger charge is -2.07. The molecule has 0 spiro atoms. The van der Waals surface area contributed by atoms with Gasteiger partial charge in [0.2, 0.25) is 5.91 Å². The lowest BCUT2D eigenvalue weighted by molar-refractivity contribution is -0.113. The van der Waals surface area contributed by atoms with Gasteiger partial charge in [0.1, 0.15) is 21.4 Å². The Morgan fingerprint density at radius 2 is 2.10 bits per heavy atom. The van der Waals surface area contributed by atoms with Crippen LogP contribution < -0.4 is 11.1 Å². The molecule has 1 amide bonds. The van der Waals surface area contributed by atoms with Crippen LogP contribution in [0.4, 0.5) is 15.8 Å². The van der Waals surface area contributed by atoms with Gasteiger partial charge in [0.25, 0.3) is 0 Å². The van der Waals surface area contributed by atoms with Gasteiger partial charge in [-0.25, -0.2) is 12.8 Å². The minimum atomic E-state index is -3.23. The zero-order chi connectivity index (χ0) is 15.3. The maximum Gasteiger partial charge on any atom is 0.237 e. The summed E-state index contributed by atoms with van der Waals surface area (Å²) in [7, 11) is -4.85. The van der Waals surface area contributed by atoms with E-state index < -0.39 is 38.1 Å². The summed E-state index contributed by atoms with van der Waals surface area (Å²) in [5.74, 6) is -2.12. The Morgan fingerprint density at radius 1 is 1.45 bits per heavy atom. The van der Waals surface area contributed by atoms with E-state index in [2.05, 4.69) is 5.32 Å². The van der Waals surface area contributed by atoms with E-state index in [1.165, 1.54) is 12.1 Å². The van der Waals surface area contributed by atoms with Crippen molar-refractivity contribution in [3.8, 4) is 0 Å². The van der Waals surface area contributed by atoms with E-state index in [0.717, 1.165) is 12.3 Å². The average Bonchev–Trinajstić information content (AvgIpc) is 2.30. The minimum Gasteiger partial charge on any atom is -0.399 e. The third-order valence-corrected chi connectivity index (χ3v) is 4.69. The average molecular weight is 322 g/mol. The van der Waals surface area contributed by atoms with Crippen LogP contribution >= 0.6 is 0 Å². The van der Waals surface area contributed by atoms with Crippen molar-refractivity contribution in [1.29, 1.82) is 0 Å². The molecular formula is C11H15FN2O4S2. The molecule has 0 aliphatic carbocycles. The number of hydrogen-bond donors (Lipinski definition) is 2. The normalized spacial score (nSPS) is 12.9. The largest absolute Gasteiger partial charge is 0.399 e. The second-order valence-electron chi connectivity index (χ2n) is 4.21. The van der Waals surface area contributed by atoms with Crippen molar-refractivity contribution in [3.05, 3.63) is 24.0 Å². The van der Waals surface area contributed by atoms with Crippen LogP contribution in [0.2, 0.25) is 0 Å². The number of amides is 1. The molecule has 0 saturated heterocycles. The summed E-state index contributed by atoms with van der Waals surface area (Å²) in [6, 6.07) is 3.69. The van der Waals surface area contributed by atoms with E-state index in [9.17, 15) is 21.8 Å². The van der Waals surface area contributed by atoms with Crippen LogP contribution in [0.5, 0.6) is 0 Å². The number of carbonyl (C=O) groups is 1. The second-order valence-corrected chi connectivity index (χ2v) is 8.04. The lowest BCUT2D eigenvalue weighted by atomic mass is 10.2. The van der Waals surface area contributed by atoms with E-state index in [-0.39, 0.29) is 22.9 Å². The highest BCUT2D eigenvalue weighted by molar-refractivity contribution is 7.92.